The summed E-state index contributed by atoms with van der Waals surface area (Å²) in [4.78, 5) is 19.0. The third kappa shape index (κ3) is 2.87. The summed E-state index contributed by atoms with van der Waals surface area (Å²) in [5, 5.41) is 4.40. The highest BCUT2D eigenvalue weighted by atomic mass is 16.2. The van der Waals surface area contributed by atoms with Crippen LogP contribution in [0.4, 0.5) is 0 Å². The topological polar surface area (TPSA) is 51.0 Å². The van der Waals surface area contributed by atoms with Gasteiger partial charge in [0.05, 0.1) is 11.7 Å². The smallest absolute Gasteiger partial charge is 0.244 e. The van der Waals surface area contributed by atoms with E-state index >= 15 is 0 Å². The number of carbonyl (C=O) groups excluding carboxylic acids is 1. The van der Waals surface area contributed by atoms with E-state index in [4.69, 9.17) is 0 Å². The van der Waals surface area contributed by atoms with Gasteiger partial charge in [0.25, 0.3) is 0 Å². The van der Waals surface area contributed by atoms with Gasteiger partial charge in [0.2, 0.25) is 5.91 Å². The number of likely N-dealkylation sites (tertiary alicyclic amines) is 1. The van der Waals surface area contributed by atoms with Gasteiger partial charge in [-0.05, 0) is 48.8 Å². The fourth-order valence-electron chi connectivity index (χ4n) is 3.82. The molecule has 1 saturated heterocycles. The molecule has 0 spiro atoms. The molecular weight excluding hydrogens is 324 g/mol. The van der Waals surface area contributed by atoms with Crippen molar-refractivity contribution in [2.45, 2.75) is 38.1 Å². The molecule has 0 bridgehead atoms. The van der Waals surface area contributed by atoms with Crippen molar-refractivity contribution in [3.05, 3.63) is 48.3 Å². The molecule has 26 heavy (non-hydrogen) atoms. The van der Waals surface area contributed by atoms with Crippen LogP contribution in [0.3, 0.4) is 0 Å². The second kappa shape index (κ2) is 6.24. The van der Waals surface area contributed by atoms with Crippen molar-refractivity contribution in [1.82, 2.24) is 19.7 Å². The molecule has 132 valence electrons. The first-order valence-corrected chi connectivity index (χ1v) is 9.47. The summed E-state index contributed by atoms with van der Waals surface area (Å²) in [5.41, 5.74) is 5.44. The second-order valence-corrected chi connectivity index (χ2v) is 7.42. The number of benzene rings is 1. The highest BCUT2D eigenvalue weighted by Crippen LogP contribution is 2.41. The van der Waals surface area contributed by atoms with Crippen LogP contribution in [0.15, 0.2) is 42.7 Å². The number of carbonyl (C=O) groups is 1. The maximum Gasteiger partial charge on any atom is 0.244 e. The molecule has 0 unspecified atom stereocenters. The van der Waals surface area contributed by atoms with Gasteiger partial charge in [-0.1, -0.05) is 24.3 Å². The maximum atomic E-state index is 12.5. The van der Waals surface area contributed by atoms with Crippen LogP contribution in [0.25, 0.3) is 22.2 Å². The lowest BCUT2D eigenvalue weighted by molar-refractivity contribution is -0.130. The minimum Gasteiger partial charge on any atom is -0.341 e. The quantitative estimate of drug-likeness (QED) is 0.725. The Kier molecular flexibility index (Phi) is 3.73. The van der Waals surface area contributed by atoms with Crippen LogP contribution in [-0.4, -0.2) is 38.7 Å². The lowest BCUT2D eigenvalue weighted by Gasteiger charge is -2.15. The fourth-order valence-corrected chi connectivity index (χ4v) is 3.82. The molecule has 5 heteroatoms. The number of nitrogens with zero attached hydrogens (tertiary/aromatic N) is 4. The number of pyridine rings is 1. The van der Waals surface area contributed by atoms with Crippen LogP contribution in [0.2, 0.25) is 0 Å². The van der Waals surface area contributed by atoms with Crippen molar-refractivity contribution >= 4 is 16.9 Å². The molecular formula is C21H22N4O. The van der Waals surface area contributed by atoms with Crippen LogP contribution >= 0.6 is 0 Å². The van der Waals surface area contributed by atoms with Gasteiger partial charge in [-0.3, -0.25) is 14.5 Å². The predicted octanol–water partition coefficient (Wildman–Crippen LogP) is 3.60. The van der Waals surface area contributed by atoms with Crippen LogP contribution in [0.5, 0.6) is 0 Å². The maximum absolute atomic E-state index is 12.5. The summed E-state index contributed by atoms with van der Waals surface area (Å²) in [6.45, 7) is 2.03. The average Bonchev–Trinajstić information content (AvgIpc) is 3.23. The summed E-state index contributed by atoms with van der Waals surface area (Å²) in [5.74, 6) is 0.879. The lowest BCUT2D eigenvalue weighted by Crippen LogP contribution is -2.31. The van der Waals surface area contributed by atoms with Crippen molar-refractivity contribution in [3.8, 4) is 11.1 Å². The summed E-state index contributed by atoms with van der Waals surface area (Å²) < 4.78 is 1.79. The number of hydrogen-bond acceptors (Lipinski definition) is 3. The van der Waals surface area contributed by atoms with E-state index in [9.17, 15) is 4.79 Å². The van der Waals surface area contributed by atoms with Crippen molar-refractivity contribution in [3.63, 3.8) is 0 Å². The van der Waals surface area contributed by atoms with Gasteiger partial charge in [-0.2, -0.15) is 5.10 Å². The zero-order valence-corrected chi connectivity index (χ0v) is 14.8. The SMILES string of the molecule is O=C(Cn1ncc2ncc(-c3cccc(C4CC4)c3)cc21)N1CCCC1. The Hall–Kier alpha value is -2.69. The van der Waals surface area contributed by atoms with Gasteiger partial charge in [-0.15, -0.1) is 0 Å². The first kappa shape index (κ1) is 15.6. The highest BCUT2D eigenvalue weighted by molar-refractivity contribution is 5.83. The molecule has 1 amide bonds. The predicted molar refractivity (Wildman–Crippen MR) is 101 cm³/mol. The molecule has 0 radical (unpaired) electrons. The van der Waals surface area contributed by atoms with Crippen molar-refractivity contribution < 1.29 is 4.79 Å². The van der Waals surface area contributed by atoms with Crippen molar-refractivity contribution in [2.24, 2.45) is 0 Å². The number of rotatable bonds is 4. The molecule has 3 aromatic rings. The van der Waals surface area contributed by atoms with Gasteiger partial charge in [0, 0.05) is 24.8 Å². The molecule has 2 aromatic heterocycles. The van der Waals surface area contributed by atoms with E-state index in [0.29, 0.717) is 0 Å². The molecule has 0 N–H and O–H groups in total. The molecule has 1 saturated carbocycles. The molecule has 1 aliphatic heterocycles. The number of hydrogen-bond donors (Lipinski definition) is 0. The fraction of sp³-hybridized carbons (Fsp3) is 0.381. The molecule has 1 aromatic carbocycles. The molecule has 5 rings (SSSR count). The Bertz CT molecular complexity index is 967. The van der Waals surface area contributed by atoms with Crippen LogP contribution in [0, 0.1) is 0 Å². The van der Waals surface area contributed by atoms with E-state index in [2.05, 4.69) is 40.4 Å². The molecule has 5 nitrogen and oxygen atoms in total. The summed E-state index contributed by atoms with van der Waals surface area (Å²) in [6, 6.07) is 10.9. The third-order valence-corrected chi connectivity index (χ3v) is 5.51. The zero-order chi connectivity index (χ0) is 17.5. The van der Waals surface area contributed by atoms with Crippen LogP contribution in [0.1, 0.15) is 37.2 Å². The second-order valence-electron chi connectivity index (χ2n) is 7.42. The third-order valence-electron chi connectivity index (χ3n) is 5.51. The standard InChI is InChI=1S/C21H22N4O/c26-21(24-8-1-2-9-24)14-25-20-11-18(12-22-19(20)13-23-25)17-5-3-4-16(10-17)15-6-7-15/h3-5,10-13,15H,1-2,6-9,14H2. The molecule has 2 fully saturated rings. The highest BCUT2D eigenvalue weighted by Gasteiger charge is 2.23. The normalized spacial score (nSPS) is 17.2. The van der Waals surface area contributed by atoms with E-state index < -0.39 is 0 Å². The first-order valence-electron chi connectivity index (χ1n) is 9.47. The minimum absolute atomic E-state index is 0.147. The summed E-state index contributed by atoms with van der Waals surface area (Å²) in [6.07, 6.45) is 8.46. The summed E-state index contributed by atoms with van der Waals surface area (Å²) >= 11 is 0. The van der Waals surface area contributed by atoms with Gasteiger partial charge < -0.3 is 4.90 Å². The van der Waals surface area contributed by atoms with Gasteiger partial charge in [0.15, 0.2) is 0 Å². The van der Waals surface area contributed by atoms with Crippen LogP contribution in [-0.2, 0) is 11.3 Å². The Labute approximate surface area is 152 Å². The van der Waals surface area contributed by atoms with E-state index in [-0.39, 0.29) is 12.5 Å². The van der Waals surface area contributed by atoms with Crippen LogP contribution < -0.4 is 0 Å². The molecule has 3 heterocycles. The van der Waals surface area contributed by atoms with E-state index in [1.165, 1.54) is 24.0 Å². The van der Waals surface area contributed by atoms with Gasteiger partial charge in [-0.25, -0.2) is 0 Å². The zero-order valence-electron chi connectivity index (χ0n) is 14.8. The number of fused-ring (bicyclic) bond motifs is 1. The molecule has 1 aliphatic carbocycles. The average molecular weight is 346 g/mol. The summed E-state index contributed by atoms with van der Waals surface area (Å²) in [7, 11) is 0. The van der Waals surface area contributed by atoms with Gasteiger partial charge >= 0.3 is 0 Å². The number of amides is 1. The minimum atomic E-state index is 0.147. The lowest BCUT2D eigenvalue weighted by atomic mass is 10.0. The van der Waals surface area contributed by atoms with Crippen molar-refractivity contribution in [2.75, 3.05) is 13.1 Å². The largest absolute Gasteiger partial charge is 0.341 e. The monoisotopic (exact) mass is 346 g/mol. The van der Waals surface area contributed by atoms with Gasteiger partial charge in [0.1, 0.15) is 12.1 Å². The Morgan fingerprint density at radius 1 is 1.08 bits per heavy atom. The Balaban J connectivity index is 1.46. The Morgan fingerprint density at radius 3 is 2.73 bits per heavy atom. The Morgan fingerprint density at radius 2 is 1.92 bits per heavy atom. The molecule has 0 atom stereocenters. The van der Waals surface area contributed by atoms with E-state index in [0.717, 1.165) is 48.4 Å². The molecule has 2 aliphatic rings. The van der Waals surface area contributed by atoms with Crippen molar-refractivity contribution in [1.29, 1.82) is 0 Å². The van der Waals surface area contributed by atoms with E-state index in [1.807, 2.05) is 11.1 Å². The first-order chi connectivity index (χ1) is 12.8. The van der Waals surface area contributed by atoms with E-state index in [1.54, 1.807) is 10.9 Å². The number of aromatic nitrogens is 3.